The number of aliphatic carboxylic acids is 1. The van der Waals surface area contributed by atoms with Gasteiger partial charge >= 0.3 is 5.97 Å². The van der Waals surface area contributed by atoms with Gasteiger partial charge in [0.05, 0.1) is 24.5 Å². The lowest BCUT2D eigenvalue weighted by Gasteiger charge is -2.33. The van der Waals surface area contributed by atoms with Crippen LogP contribution in [0.15, 0.2) is 0 Å². The van der Waals surface area contributed by atoms with Crippen LogP contribution in [0.2, 0.25) is 0 Å². The third-order valence-corrected chi connectivity index (χ3v) is 4.51. The fourth-order valence-corrected chi connectivity index (χ4v) is 3.92. The van der Waals surface area contributed by atoms with Gasteiger partial charge in [-0.1, -0.05) is 0 Å². The lowest BCUT2D eigenvalue weighted by Crippen LogP contribution is -2.40. The number of carbonyl (C=O) groups is 1. The quantitative estimate of drug-likeness (QED) is 0.681. The number of aliphatic hydroxyl groups excluding tert-OH is 1. The van der Waals surface area contributed by atoms with Gasteiger partial charge in [0.25, 0.3) is 0 Å². The smallest absolute Gasteiger partial charge is 0.304 e. The van der Waals surface area contributed by atoms with E-state index in [1.165, 1.54) is 0 Å². The zero-order valence-corrected chi connectivity index (χ0v) is 8.59. The summed E-state index contributed by atoms with van der Waals surface area (Å²) in [5, 5.41) is 17.7. The van der Waals surface area contributed by atoms with Gasteiger partial charge in [0.2, 0.25) is 0 Å². The minimum atomic E-state index is -3.17. The van der Waals surface area contributed by atoms with E-state index < -0.39 is 21.2 Å². The van der Waals surface area contributed by atoms with Crippen LogP contribution in [0.3, 0.4) is 0 Å². The molecule has 5 nitrogen and oxygen atoms in total. The number of sulfone groups is 1. The van der Waals surface area contributed by atoms with Crippen molar-refractivity contribution in [1.29, 1.82) is 0 Å². The molecule has 0 radical (unpaired) electrons. The van der Waals surface area contributed by atoms with Gasteiger partial charge in [-0.25, -0.2) is 8.42 Å². The monoisotopic (exact) mass is 222 g/mol. The molecule has 1 rings (SSSR count). The molecule has 6 heteroatoms. The van der Waals surface area contributed by atoms with E-state index in [-0.39, 0.29) is 24.5 Å². The van der Waals surface area contributed by atoms with E-state index in [9.17, 15) is 13.2 Å². The van der Waals surface area contributed by atoms with E-state index in [1.807, 2.05) is 0 Å². The van der Waals surface area contributed by atoms with Gasteiger partial charge in [-0.3, -0.25) is 4.79 Å². The van der Waals surface area contributed by atoms with Crippen LogP contribution in [0.1, 0.15) is 19.3 Å². The van der Waals surface area contributed by atoms with Crippen LogP contribution in [0, 0.1) is 5.41 Å². The Morgan fingerprint density at radius 1 is 1.43 bits per heavy atom. The van der Waals surface area contributed by atoms with Crippen LogP contribution < -0.4 is 0 Å². The summed E-state index contributed by atoms with van der Waals surface area (Å²) >= 11 is 0. The Labute approximate surface area is 82.7 Å². The fraction of sp³-hybridized carbons (Fsp3) is 0.875. The number of aliphatic hydroxyl groups is 1. The molecule has 0 spiro atoms. The summed E-state index contributed by atoms with van der Waals surface area (Å²) in [6.45, 7) is -0.376. The minimum absolute atomic E-state index is 0.106. The molecular weight excluding hydrogens is 208 g/mol. The second kappa shape index (κ2) is 3.86. The number of rotatable bonds is 3. The van der Waals surface area contributed by atoms with Gasteiger partial charge in [0, 0.05) is 5.41 Å². The van der Waals surface area contributed by atoms with Gasteiger partial charge in [0.1, 0.15) is 0 Å². The third-order valence-electron chi connectivity index (χ3n) is 2.55. The van der Waals surface area contributed by atoms with Crippen LogP contribution in [-0.4, -0.2) is 42.7 Å². The van der Waals surface area contributed by atoms with E-state index in [0.29, 0.717) is 12.8 Å². The molecule has 1 saturated heterocycles. The Morgan fingerprint density at radius 3 is 2.50 bits per heavy atom. The molecular formula is C8H14O5S. The highest BCUT2D eigenvalue weighted by molar-refractivity contribution is 7.91. The highest BCUT2D eigenvalue weighted by Crippen LogP contribution is 2.34. The van der Waals surface area contributed by atoms with Crippen LogP contribution in [0.25, 0.3) is 0 Å². The minimum Gasteiger partial charge on any atom is -0.481 e. The van der Waals surface area contributed by atoms with E-state index in [2.05, 4.69) is 0 Å². The molecule has 0 aliphatic carbocycles. The van der Waals surface area contributed by atoms with Crippen molar-refractivity contribution in [1.82, 2.24) is 0 Å². The van der Waals surface area contributed by atoms with Crippen molar-refractivity contribution in [3.8, 4) is 0 Å². The Hall–Kier alpha value is -0.620. The second-order valence-electron chi connectivity index (χ2n) is 3.92. The summed E-state index contributed by atoms with van der Waals surface area (Å²) in [5.74, 6) is -1.16. The van der Waals surface area contributed by atoms with Crippen LogP contribution in [0.4, 0.5) is 0 Å². The van der Waals surface area contributed by atoms with Crippen molar-refractivity contribution in [2.45, 2.75) is 19.3 Å². The lowest BCUT2D eigenvalue weighted by molar-refractivity contribution is -0.140. The first kappa shape index (κ1) is 11.5. The fourth-order valence-electron chi connectivity index (χ4n) is 1.92. The molecule has 1 unspecified atom stereocenters. The molecule has 0 bridgehead atoms. The van der Waals surface area contributed by atoms with Crippen molar-refractivity contribution >= 4 is 15.8 Å². The van der Waals surface area contributed by atoms with Gasteiger partial charge < -0.3 is 10.2 Å². The molecule has 82 valence electrons. The molecule has 1 aliphatic heterocycles. The van der Waals surface area contributed by atoms with E-state index in [1.54, 1.807) is 0 Å². The summed E-state index contributed by atoms with van der Waals surface area (Å²) in [5.41, 5.74) is -0.955. The van der Waals surface area contributed by atoms with Gasteiger partial charge in [-0.2, -0.15) is 0 Å². The maximum atomic E-state index is 11.3. The summed E-state index contributed by atoms with van der Waals surface area (Å²) < 4.78 is 22.6. The maximum Gasteiger partial charge on any atom is 0.304 e. The summed E-state index contributed by atoms with van der Waals surface area (Å²) in [6.07, 6.45) is 0.633. The van der Waals surface area contributed by atoms with Crippen LogP contribution in [0.5, 0.6) is 0 Å². The molecule has 14 heavy (non-hydrogen) atoms. The first-order valence-electron chi connectivity index (χ1n) is 4.42. The average molecular weight is 222 g/mol. The molecule has 1 aliphatic rings. The summed E-state index contributed by atoms with van der Waals surface area (Å²) in [6, 6.07) is 0. The lowest BCUT2D eigenvalue weighted by atomic mass is 9.82. The van der Waals surface area contributed by atoms with Crippen molar-refractivity contribution in [2.24, 2.45) is 5.41 Å². The Bertz CT molecular complexity index is 321. The SMILES string of the molecule is O=C(O)CC1(CO)CCCS(=O)(=O)C1. The predicted octanol–water partition coefficient (Wildman–Crippen LogP) is -0.352. The molecule has 0 saturated carbocycles. The van der Waals surface area contributed by atoms with Crippen molar-refractivity contribution < 1.29 is 23.4 Å². The zero-order chi connectivity index (χ0) is 10.8. The van der Waals surface area contributed by atoms with E-state index in [0.717, 1.165) is 0 Å². The van der Waals surface area contributed by atoms with Gasteiger partial charge in [-0.05, 0) is 12.8 Å². The first-order chi connectivity index (χ1) is 6.39. The second-order valence-corrected chi connectivity index (χ2v) is 6.11. The summed E-state index contributed by atoms with van der Waals surface area (Å²) in [4.78, 5) is 10.5. The number of carboxylic acid groups (broad SMARTS) is 1. The van der Waals surface area contributed by atoms with E-state index >= 15 is 0 Å². The maximum absolute atomic E-state index is 11.3. The number of carboxylic acids is 1. The molecule has 0 aromatic carbocycles. The Morgan fingerprint density at radius 2 is 2.07 bits per heavy atom. The molecule has 1 atom stereocenters. The standard InChI is InChI=1S/C8H14O5S/c9-5-8(4-7(10)11)2-1-3-14(12,13)6-8/h9H,1-6H2,(H,10,11). The predicted molar refractivity (Wildman–Crippen MR) is 49.7 cm³/mol. The number of hydrogen-bond donors (Lipinski definition) is 2. The van der Waals surface area contributed by atoms with E-state index in [4.69, 9.17) is 10.2 Å². The normalized spacial score (nSPS) is 31.2. The largest absolute Gasteiger partial charge is 0.481 e. The summed E-state index contributed by atoms with van der Waals surface area (Å²) in [7, 11) is -3.17. The zero-order valence-electron chi connectivity index (χ0n) is 7.77. The third kappa shape index (κ3) is 2.68. The Balaban J connectivity index is 2.83. The topological polar surface area (TPSA) is 91.7 Å². The van der Waals surface area contributed by atoms with Gasteiger partial charge in [0.15, 0.2) is 9.84 Å². The first-order valence-corrected chi connectivity index (χ1v) is 6.24. The molecule has 1 heterocycles. The average Bonchev–Trinajstić information content (AvgIpc) is 2.01. The van der Waals surface area contributed by atoms with Crippen molar-refractivity contribution in [3.63, 3.8) is 0 Å². The Kier molecular flexibility index (Phi) is 3.16. The van der Waals surface area contributed by atoms with Crippen molar-refractivity contribution in [3.05, 3.63) is 0 Å². The molecule has 0 amide bonds. The van der Waals surface area contributed by atoms with Crippen LogP contribution in [-0.2, 0) is 14.6 Å². The van der Waals surface area contributed by atoms with Crippen LogP contribution >= 0.6 is 0 Å². The molecule has 1 fully saturated rings. The highest BCUT2D eigenvalue weighted by atomic mass is 32.2. The number of hydrogen-bond acceptors (Lipinski definition) is 4. The molecule has 2 N–H and O–H groups in total. The molecule has 0 aromatic rings. The van der Waals surface area contributed by atoms with Gasteiger partial charge in [-0.15, -0.1) is 0 Å². The highest BCUT2D eigenvalue weighted by Gasteiger charge is 2.40. The van der Waals surface area contributed by atoms with Crippen molar-refractivity contribution in [2.75, 3.05) is 18.1 Å². The molecule has 0 aromatic heterocycles.